The van der Waals surface area contributed by atoms with Crippen molar-refractivity contribution in [3.63, 3.8) is 0 Å². The van der Waals surface area contributed by atoms with Gasteiger partial charge in [-0.15, -0.1) is 0 Å². The van der Waals surface area contributed by atoms with E-state index in [0.717, 1.165) is 5.69 Å². The first-order valence-corrected chi connectivity index (χ1v) is 5.67. The van der Waals surface area contributed by atoms with Crippen molar-refractivity contribution in [2.24, 2.45) is 0 Å². The first-order chi connectivity index (χ1) is 7.49. The van der Waals surface area contributed by atoms with E-state index in [-0.39, 0.29) is 11.4 Å². The van der Waals surface area contributed by atoms with Crippen LogP contribution in [-0.2, 0) is 4.79 Å². The summed E-state index contributed by atoms with van der Waals surface area (Å²) in [6.45, 7) is 5.28. The van der Waals surface area contributed by atoms with E-state index in [1.807, 2.05) is 24.3 Å². The van der Waals surface area contributed by atoms with Crippen molar-refractivity contribution in [2.75, 3.05) is 18.0 Å². The van der Waals surface area contributed by atoms with Gasteiger partial charge in [0.25, 0.3) is 0 Å². The second kappa shape index (κ2) is 3.98. The van der Waals surface area contributed by atoms with Crippen LogP contribution in [0.5, 0.6) is 0 Å². The van der Waals surface area contributed by atoms with Crippen LogP contribution in [0.2, 0.25) is 5.02 Å². The zero-order valence-corrected chi connectivity index (χ0v) is 10.2. The van der Waals surface area contributed by atoms with Crippen molar-refractivity contribution in [1.29, 1.82) is 0 Å². The molecule has 1 heterocycles. The van der Waals surface area contributed by atoms with Crippen molar-refractivity contribution >= 4 is 23.2 Å². The van der Waals surface area contributed by atoms with E-state index in [1.165, 1.54) is 0 Å². The molecular formula is C12H15ClN2O. The molecule has 0 spiro atoms. The van der Waals surface area contributed by atoms with E-state index in [0.29, 0.717) is 18.1 Å². The summed E-state index contributed by atoms with van der Waals surface area (Å²) in [6, 6.07) is 7.59. The zero-order chi connectivity index (χ0) is 11.8. The fraction of sp³-hybridized carbons (Fsp3) is 0.417. The van der Waals surface area contributed by atoms with Crippen LogP contribution in [-0.4, -0.2) is 24.5 Å². The highest BCUT2D eigenvalue weighted by atomic mass is 35.5. The highest BCUT2D eigenvalue weighted by Gasteiger charge is 2.33. The lowest BCUT2D eigenvalue weighted by molar-refractivity contribution is -0.121. The summed E-state index contributed by atoms with van der Waals surface area (Å²) in [6.07, 6.45) is 0. The molecule has 1 aromatic rings. The number of rotatable bonds is 1. The van der Waals surface area contributed by atoms with E-state index in [4.69, 9.17) is 11.6 Å². The first-order valence-electron chi connectivity index (χ1n) is 5.29. The standard InChI is InChI=1S/C12H15ClN2O/c1-12(2)8-14-11(16)7-15(12)10-5-3-9(13)4-6-10/h3-6H,7-8H2,1-2H3,(H,14,16). The van der Waals surface area contributed by atoms with Gasteiger partial charge in [-0.2, -0.15) is 0 Å². The fourth-order valence-electron chi connectivity index (χ4n) is 1.89. The van der Waals surface area contributed by atoms with Gasteiger partial charge in [0.15, 0.2) is 0 Å². The van der Waals surface area contributed by atoms with E-state index >= 15 is 0 Å². The summed E-state index contributed by atoms with van der Waals surface area (Å²) in [5.41, 5.74) is 0.964. The Labute approximate surface area is 100 Å². The molecule has 1 aromatic carbocycles. The smallest absolute Gasteiger partial charge is 0.239 e. The molecule has 0 atom stereocenters. The molecule has 0 aliphatic carbocycles. The Morgan fingerprint density at radius 1 is 1.31 bits per heavy atom. The number of benzene rings is 1. The number of anilines is 1. The highest BCUT2D eigenvalue weighted by Crippen LogP contribution is 2.26. The van der Waals surface area contributed by atoms with Crippen LogP contribution in [0.3, 0.4) is 0 Å². The minimum atomic E-state index is -0.0677. The second-order valence-corrected chi connectivity index (χ2v) is 5.09. The van der Waals surface area contributed by atoms with Gasteiger partial charge < -0.3 is 10.2 Å². The molecule has 1 aliphatic rings. The zero-order valence-electron chi connectivity index (χ0n) is 9.46. The number of piperazine rings is 1. The monoisotopic (exact) mass is 238 g/mol. The molecule has 2 rings (SSSR count). The Balaban J connectivity index is 2.30. The molecule has 86 valence electrons. The maximum atomic E-state index is 11.4. The van der Waals surface area contributed by atoms with Crippen molar-refractivity contribution in [1.82, 2.24) is 5.32 Å². The van der Waals surface area contributed by atoms with E-state index < -0.39 is 0 Å². The van der Waals surface area contributed by atoms with Crippen molar-refractivity contribution in [2.45, 2.75) is 19.4 Å². The van der Waals surface area contributed by atoms with Crippen LogP contribution >= 0.6 is 11.6 Å². The van der Waals surface area contributed by atoms with Crippen molar-refractivity contribution in [3.05, 3.63) is 29.3 Å². The Morgan fingerprint density at radius 3 is 2.56 bits per heavy atom. The molecule has 0 unspecified atom stereocenters. The number of carbonyl (C=O) groups is 1. The molecule has 4 heteroatoms. The molecule has 1 N–H and O–H groups in total. The molecular weight excluding hydrogens is 224 g/mol. The Kier molecular flexibility index (Phi) is 2.80. The van der Waals surface area contributed by atoms with Gasteiger partial charge in [-0.3, -0.25) is 4.79 Å². The minimum absolute atomic E-state index is 0.0641. The average molecular weight is 239 g/mol. The summed E-state index contributed by atoms with van der Waals surface area (Å²) in [5, 5.41) is 3.59. The lowest BCUT2D eigenvalue weighted by atomic mass is 9.99. The van der Waals surface area contributed by atoms with Crippen molar-refractivity contribution < 1.29 is 4.79 Å². The van der Waals surface area contributed by atoms with Crippen LogP contribution in [0.25, 0.3) is 0 Å². The number of hydrogen-bond donors (Lipinski definition) is 1. The van der Waals surface area contributed by atoms with Gasteiger partial charge >= 0.3 is 0 Å². The van der Waals surface area contributed by atoms with Crippen LogP contribution in [0.15, 0.2) is 24.3 Å². The number of carbonyl (C=O) groups excluding carboxylic acids is 1. The SMILES string of the molecule is CC1(C)CNC(=O)CN1c1ccc(Cl)cc1. The summed E-state index contributed by atoms with van der Waals surface area (Å²) in [7, 11) is 0. The van der Waals surface area contributed by atoms with Crippen molar-refractivity contribution in [3.8, 4) is 0 Å². The average Bonchev–Trinajstić information content (AvgIpc) is 2.23. The third-order valence-corrected chi connectivity index (χ3v) is 3.14. The molecule has 16 heavy (non-hydrogen) atoms. The number of halogens is 1. The number of nitrogens with one attached hydrogen (secondary N) is 1. The van der Waals surface area contributed by atoms with Crippen LogP contribution in [0.1, 0.15) is 13.8 Å². The summed E-state index contributed by atoms with van der Waals surface area (Å²) >= 11 is 5.85. The Morgan fingerprint density at radius 2 is 1.94 bits per heavy atom. The van der Waals surface area contributed by atoms with Gasteiger partial charge in [0.1, 0.15) is 0 Å². The molecule has 1 aliphatic heterocycles. The van der Waals surface area contributed by atoms with Gasteiger partial charge in [-0.1, -0.05) is 11.6 Å². The normalized spacial score (nSPS) is 19.4. The second-order valence-electron chi connectivity index (χ2n) is 4.65. The highest BCUT2D eigenvalue weighted by molar-refractivity contribution is 6.30. The first kappa shape index (κ1) is 11.3. The quantitative estimate of drug-likeness (QED) is 0.812. The number of amides is 1. The summed E-state index contributed by atoms with van der Waals surface area (Å²) in [4.78, 5) is 13.5. The van der Waals surface area contributed by atoms with Gasteiger partial charge in [0.05, 0.1) is 12.1 Å². The fourth-order valence-corrected chi connectivity index (χ4v) is 2.01. The van der Waals surface area contributed by atoms with Gasteiger partial charge in [0, 0.05) is 17.3 Å². The predicted octanol–water partition coefficient (Wildman–Crippen LogP) is 2.05. The number of nitrogens with zero attached hydrogens (tertiary/aromatic N) is 1. The predicted molar refractivity (Wildman–Crippen MR) is 65.9 cm³/mol. The molecule has 0 aromatic heterocycles. The molecule has 3 nitrogen and oxygen atoms in total. The maximum absolute atomic E-state index is 11.4. The summed E-state index contributed by atoms with van der Waals surface area (Å²) in [5.74, 6) is 0.0641. The van der Waals surface area contributed by atoms with E-state index in [2.05, 4.69) is 24.1 Å². The molecule has 1 amide bonds. The number of hydrogen-bond acceptors (Lipinski definition) is 2. The van der Waals surface area contributed by atoms with E-state index in [9.17, 15) is 4.79 Å². The molecule has 0 saturated carbocycles. The molecule has 0 radical (unpaired) electrons. The molecule has 1 saturated heterocycles. The maximum Gasteiger partial charge on any atom is 0.239 e. The van der Waals surface area contributed by atoms with Crippen LogP contribution in [0.4, 0.5) is 5.69 Å². The van der Waals surface area contributed by atoms with Gasteiger partial charge in [-0.25, -0.2) is 0 Å². The molecule has 1 fully saturated rings. The minimum Gasteiger partial charge on any atom is -0.355 e. The van der Waals surface area contributed by atoms with Gasteiger partial charge in [0.2, 0.25) is 5.91 Å². The van der Waals surface area contributed by atoms with Crippen LogP contribution in [0, 0.1) is 0 Å². The van der Waals surface area contributed by atoms with Crippen LogP contribution < -0.4 is 10.2 Å². The Bertz CT molecular complexity index is 400. The van der Waals surface area contributed by atoms with Gasteiger partial charge in [-0.05, 0) is 38.1 Å². The Hall–Kier alpha value is -1.22. The lowest BCUT2D eigenvalue weighted by Crippen LogP contribution is -2.60. The van der Waals surface area contributed by atoms with E-state index in [1.54, 1.807) is 0 Å². The third kappa shape index (κ3) is 2.14. The largest absolute Gasteiger partial charge is 0.355 e. The lowest BCUT2D eigenvalue weighted by Gasteiger charge is -2.43. The third-order valence-electron chi connectivity index (χ3n) is 2.89. The molecule has 0 bridgehead atoms. The topological polar surface area (TPSA) is 32.3 Å². The summed E-state index contributed by atoms with van der Waals surface area (Å²) < 4.78 is 0.